The predicted molar refractivity (Wildman–Crippen MR) is 104 cm³/mol. The molecule has 1 saturated heterocycles. The Hall–Kier alpha value is -0.860. The van der Waals surface area contributed by atoms with Gasteiger partial charge in [-0.05, 0) is 49.4 Å². The predicted octanol–water partition coefficient (Wildman–Crippen LogP) is 5.62. The maximum absolute atomic E-state index is 6.68. The van der Waals surface area contributed by atoms with E-state index in [1.165, 1.54) is 12.8 Å². The van der Waals surface area contributed by atoms with E-state index in [4.69, 9.17) is 9.47 Å². The molecule has 8 atom stereocenters. The first-order chi connectivity index (χ1) is 12.0. The first-order valence-corrected chi connectivity index (χ1v) is 10.2. The highest BCUT2D eigenvalue weighted by molar-refractivity contribution is 5.13. The van der Waals surface area contributed by atoms with Crippen LogP contribution in [0.2, 0.25) is 0 Å². The van der Waals surface area contributed by atoms with Crippen LogP contribution >= 0.6 is 0 Å². The SMILES string of the molecule is C/C=C/C=C/C(C)CO[C@@]12OC[C@H](C)C3C=C[C@@H](C)[C@@H](CC[C@H]1C)[C@@H]32. The van der Waals surface area contributed by atoms with Gasteiger partial charge in [0, 0.05) is 11.8 Å². The maximum Gasteiger partial charge on any atom is 0.174 e. The average Bonchev–Trinajstić information content (AvgIpc) is 2.60. The van der Waals surface area contributed by atoms with Crippen molar-refractivity contribution in [3.8, 4) is 0 Å². The lowest BCUT2D eigenvalue weighted by Crippen LogP contribution is -2.63. The van der Waals surface area contributed by atoms with Crippen LogP contribution in [-0.2, 0) is 9.47 Å². The van der Waals surface area contributed by atoms with E-state index in [0.29, 0.717) is 41.4 Å². The van der Waals surface area contributed by atoms with Crippen molar-refractivity contribution >= 4 is 0 Å². The van der Waals surface area contributed by atoms with E-state index < -0.39 is 0 Å². The summed E-state index contributed by atoms with van der Waals surface area (Å²) in [5.41, 5.74) is 0. The fraction of sp³-hybridized carbons (Fsp3) is 0.739. The number of rotatable bonds is 5. The summed E-state index contributed by atoms with van der Waals surface area (Å²) in [6.07, 6.45) is 15.9. The summed E-state index contributed by atoms with van der Waals surface area (Å²) in [4.78, 5) is 0. The average molecular weight is 345 g/mol. The van der Waals surface area contributed by atoms with Crippen LogP contribution in [0.1, 0.15) is 47.5 Å². The monoisotopic (exact) mass is 344 g/mol. The fourth-order valence-corrected chi connectivity index (χ4v) is 5.28. The minimum atomic E-state index is -0.387. The van der Waals surface area contributed by atoms with E-state index in [-0.39, 0.29) is 5.79 Å². The Labute approximate surface area is 154 Å². The van der Waals surface area contributed by atoms with Gasteiger partial charge in [0.1, 0.15) is 0 Å². The highest BCUT2D eigenvalue weighted by Crippen LogP contribution is 2.57. The zero-order chi connectivity index (χ0) is 18.0. The third-order valence-electron chi connectivity index (χ3n) is 6.82. The fourth-order valence-electron chi connectivity index (χ4n) is 5.28. The van der Waals surface area contributed by atoms with Crippen LogP contribution < -0.4 is 0 Å². The number of ether oxygens (including phenoxy) is 2. The molecule has 0 aromatic heterocycles. The first kappa shape index (κ1) is 18.9. The Balaban J connectivity index is 1.82. The molecule has 2 unspecified atom stereocenters. The lowest BCUT2D eigenvalue weighted by atomic mass is 9.56. The second-order valence-corrected chi connectivity index (χ2v) is 8.70. The molecular formula is C23H36O2. The molecule has 1 aliphatic heterocycles. The van der Waals surface area contributed by atoms with Crippen LogP contribution in [0.25, 0.3) is 0 Å². The van der Waals surface area contributed by atoms with E-state index in [0.717, 1.165) is 13.2 Å². The molecule has 25 heavy (non-hydrogen) atoms. The van der Waals surface area contributed by atoms with Crippen molar-refractivity contribution < 1.29 is 9.47 Å². The second-order valence-electron chi connectivity index (χ2n) is 8.70. The summed E-state index contributed by atoms with van der Waals surface area (Å²) in [5.74, 6) is 3.51. The van der Waals surface area contributed by atoms with Crippen LogP contribution in [0.5, 0.6) is 0 Å². The van der Waals surface area contributed by atoms with E-state index in [9.17, 15) is 0 Å². The van der Waals surface area contributed by atoms with Gasteiger partial charge in [-0.25, -0.2) is 0 Å². The number of hydrogen-bond acceptors (Lipinski definition) is 2. The van der Waals surface area contributed by atoms with E-state index in [1.54, 1.807) is 0 Å². The summed E-state index contributed by atoms with van der Waals surface area (Å²) >= 11 is 0. The molecular weight excluding hydrogens is 308 g/mol. The first-order valence-electron chi connectivity index (χ1n) is 10.2. The van der Waals surface area contributed by atoms with Gasteiger partial charge in [0.25, 0.3) is 0 Å². The topological polar surface area (TPSA) is 18.5 Å². The highest BCUT2D eigenvalue weighted by atomic mass is 16.7. The molecule has 0 aromatic rings. The molecule has 0 radical (unpaired) electrons. The molecule has 2 nitrogen and oxygen atoms in total. The lowest BCUT2D eigenvalue weighted by molar-refractivity contribution is -0.351. The standard InChI is InChI=1S/C23H36O2/c1-6-7-8-9-16(2)14-24-23-19(5)11-13-20-17(3)10-12-21(22(20)23)18(4)15-25-23/h6-10,12,16-22H,11,13-15H2,1-5H3/b7-6+,9-8+/t16?,17-,18+,19-,20-,21?,22+,23-/m1/s1. The molecule has 1 saturated carbocycles. The maximum atomic E-state index is 6.68. The Morgan fingerprint density at radius 1 is 1.20 bits per heavy atom. The van der Waals surface area contributed by atoms with Gasteiger partial charge >= 0.3 is 0 Å². The van der Waals surface area contributed by atoms with Gasteiger partial charge < -0.3 is 9.47 Å². The van der Waals surface area contributed by atoms with Crippen molar-refractivity contribution in [1.82, 2.24) is 0 Å². The molecule has 140 valence electrons. The molecule has 0 amide bonds. The largest absolute Gasteiger partial charge is 0.349 e. The lowest BCUT2D eigenvalue weighted by Gasteiger charge is -2.59. The minimum Gasteiger partial charge on any atom is -0.349 e. The Bertz CT molecular complexity index is 534. The van der Waals surface area contributed by atoms with Crippen LogP contribution in [-0.4, -0.2) is 19.0 Å². The smallest absolute Gasteiger partial charge is 0.174 e. The van der Waals surface area contributed by atoms with Gasteiger partial charge in [0.2, 0.25) is 0 Å². The summed E-state index contributed by atoms with van der Waals surface area (Å²) in [5, 5.41) is 0. The molecule has 0 aromatic carbocycles. The Morgan fingerprint density at radius 3 is 2.76 bits per heavy atom. The summed E-state index contributed by atoms with van der Waals surface area (Å²) in [6, 6.07) is 0. The van der Waals surface area contributed by atoms with Gasteiger partial charge in [0.05, 0.1) is 13.2 Å². The summed E-state index contributed by atoms with van der Waals surface area (Å²) < 4.78 is 13.2. The van der Waals surface area contributed by atoms with E-state index in [2.05, 4.69) is 64.2 Å². The van der Waals surface area contributed by atoms with Crippen LogP contribution in [0, 0.1) is 41.4 Å². The van der Waals surface area contributed by atoms with E-state index in [1.807, 2.05) is 6.92 Å². The molecule has 0 N–H and O–H groups in total. The molecule has 0 spiro atoms. The zero-order valence-corrected chi connectivity index (χ0v) is 16.7. The Morgan fingerprint density at radius 2 is 2.00 bits per heavy atom. The zero-order valence-electron chi connectivity index (χ0n) is 16.7. The third-order valence-corrected chi connectivity index (χ3v) is 6.82. The van der Waals surface area contributed by atoms with Gasteiger partial charge in [-0.2, -0.15) is 0 Å². The Kier molecular flexibility index (Phi) is 5.90. The van der Waals surface area contributed by atoms with E-state index >= 15 is 0 Å². The number of hydrogen-bond donors (Lipinski definition) is 0. The molecule has 3 aliphatic rings. The van der Waals surface area contributed by atoms with Crippen molar-refractivity contribution in [3.05, 3.63) is 36.5 Å². The van der Waals surface area contributed by atoms with Crippen molar-refractivity contribution in [1.29, 1.82) is 0 Å². The van der Waals surface area contributed by atoms with Gasteiger partial charge in [-0.15, -0.1) is 0 Å². The van der Waals surface area contributed by atoms with Crippen LogP contribution in [0.15, 0.2) is 36.5 Å². The second kappa shape index (κ2) is 7.80. The van der Waals surface area contributed by atoms with Crippen LogP contribution in [0.4, 0.5) is 0 Å². The van der Waals surface area contributed by atoms with Gasteiger partial charge in [-0.1, -0.05) is 64.2 Å². The number of allylic oxidation sites excluding steroid dienone is 5. The van der Waals surface area contributed by atoms with Gasteiger partial charge in [0.15, 0.2) is 5.79 Å². The molecule has 2 fully saturated rings. The van der Waals surface area contributed by atoms with Crippen molar-refractivity contribution in [2.24, 2.45) is 41.4 Å². The van der Waals surface area contributed by atoms with Crippen molar-refractivity contribution in [3.63, 3.8) is 0 Å². The molecule has 2 aliphatic carbocycles. The summed E-state index contributed by atoms with van der Waals surface area (Å²) in [6.45, 7) is 12.9. The molecule has 0 bridgehead atoms. The van der Waals surface area contributed by atoms with Gasteiger partial charge in [-0.3, -0.25) is 0 Å². The normalized spacial score (nSPS) is 45.0. The molecule has 2 heteroatoms. The minimum absolute atomic E-state index is 0.387. The quantitative estimate of drug-likeness (QED) is 0.476. The van der Waals surface area contributed by atoms with Crippen LogP contribution in [0.3, 0.4) is 0 Å². The van der Waals surface area contributed by atoms with Crippen molar-refractivity contribution in [2.45, 2.75) is 53.2 Å². The third kappa shape index (κ3) is 3.53. The molecule has 3 rings (SSSR count). The highest BCUT2D eigenvalue weighted by Gasteiger charge is 2.59. The van der Waals surface area contributed by atoms with Crippen molar-refractivity contribution in [2.75, 3.05) is 13.2 Å². The molecule has 1 heterocycles. The summed E-state index contributed by atoms with van der Waals surface area (Å²) in [7, 11) is 0.